The molecule has 260 valence electrons. The van der Waals surface area contributed by atoms with Crippen molar-refractivity contribution in [2.45, 2.75) is 0 Å². The van der Waals surface area contributed by atoms with Crippen molar-refractivity contribution in [3.63, 3.8) is 0 Å². The summed E-state index contributed by atoms with van der Waals surface area (Å²) in [6.45, 7) is 0. The predicted molar refractivity (Wildman–Crippen MR) is 230 cm³/mol. The van der Waals surface area contributed by atoms with Gasteiger partial charge in [0.2, 0.25) is 5.95 Å². The number of para-hydroxylation sites is 1. The minimum absolute atomic E-state index is 0.552. The summed E-state index contributed by atoms with van der Waals surface area (Å²) in [6.07, 6.45) is 0. The molecule has 3 heterocycles. The van der Waals surface area contributed by atoms with Crippen LogP contribution >= 0.6 is 0 Å². The van der Waals surface area contributed by atoms with Crippen molar-refractivity contribution < 1.29 is 4.42 Å². The zero-order valence-corrected chi connectivity index (χ0v) is 30.0. The first-order chi connectivity index (χ1) is 27.8. The largest absolute Gasteiger partial charge is 0.455 e. The van der Waals surface area contributed by atoms with Gasteiger partial charge in [0.1, 0.15) is 11.2 Å². The van der Waals surface area contributed by atoms with Crippen molar-refractivity contribution in [2.75, 3.05) is 0 Å². The number of benzene rings is 9. The fourth-order valence-electron chi connectivity index (χ4n) is 8.71. The van der Waals surface area contributed by atoms with Crippen LogP contribution in [0.3, 0.4) is 0 Å². The lowest BCUT2D eigenvalue weighted by molar-refractivity contribution is 0.672. The Morgan fingerprint density at radius 3 is 1.91 bits per heavy atom. The normalized spacial score (nSPS) is 11.9. The first-order valence-corrected chi connectivity index (χ1v) is 18.9. The van der Waals surface area contributed by atoms with E-state index in [0.717, 1.165) is 76.8 Å². The Kier molecular flexibility index (Phi) is 6.56. The van der Waals surface area contributed by atoms with Crippen molar-refractivity contribution in [3.05, 3.63) is 182 Å². The third-order valence-corrected chi connectivity index (χ3v) is 11.2. The van der Waals surface area contributed by atoms with E-state index in [1.807, 2.05) is 12.1 Å². The van der Waals surface area contributed by atoms with E-state index in [-0.39, 0.29) is 0 Å². The van der Waals surface area contributed by atoms with Crippen LogP contribution in [0.15, 0.2) is 186 Å². The lowest BCUT2D eigenvalue weighted by atomic mass is 9.95. The molecular formula is C51H30N4O. The van der Waals surface area contributed by atoms with Gasteiger partial charge in [0, 0.05) is 38.1 Å². The molecule has 0 spiro atoms. The molecule has 0 aliphatic heterocycles. The van der Waals surface area contributed by atoms with E-state index in [1.54, 1.807) is 0 Å². The molecule has 0 amide bonds. The summed E-state index contributed by atoms with van der Waals surface area (Å²) < 4.78 is 8.84. The molecule has 0 bridgehead atoms. The Bertz CT molecular complexity index is 3540. The van der Waals surface area contributed by atoms with Gasteiger partial charge in [-0.05, 0) is 74.5 Å². The zero-order chi connectivity index (χ0) is 36.7. The Morgan fingerprint density at radius 2 is 1.05 bits per heavy atom. The maximum absolute atomic E-state index is 6.64. The fraction of sp³-hybridized carbons (Fsp3) is 0. The molecule has 0 saturated heterocycles. The number of rotatable bonds is 4. The number of hydrogen-bond donors (Lipinski definition) is 0. The lowest BCUT2D eigenvalue weighted by Gasteiger charge is -2.14. The maximum atomic E-state index is 6.64. The smallest absolute Gasteiger partial charge is 0.238 e. The molecule has 56 heavy (non-hydrogen) atoms. The highest BCUT2D eigenvalue weighted by Gasteiger charge is 2.22. The molecule has 0 aliphatic rings. The topological polar surface area (TPSA) is 56.7 Å². The van der Waals surface area contributed by atoms with Crippen molar-refractivity contribution in [3.8, 4) is 39.9 Å². The van der Waals surface area contributed by atoms with Gasteiger partial charge in [0.15, 0.2) is 11.6 Å². The van der Waals surface area contributed by atoms with Gasteiger partial charge >= 0.3 is 0 Å². The van der Waals surface area contributed by atoms with Gasteiger partial charge in [-0.3, -0.25) is 4.57 Å². The summed E-state index contributed by atoms with van der Waals surface area (Å²) in [5.74, 6) is 1.72. The Morgan fingerprint density at radius 1 is 0.375 bits per heavy atom. The second-order valence-electron chi connectivity index (χ2n) is 14.4. The van der Waals surface area contributed by atoms with Crippen LogP contribution < -0.4 is 0 Å². The number of aromatic nitrogens is 4. The zero-order valence-electron chi connectivity index (χ0n) is 30.0. The molecule has 5 nitrogen and oxygen atoms in total. The van der Waals surface area contributed by atoms with Crippen molar-refractivity contribution in [1.82, 2.24) is 19.5 Å². The molecular weight excluding hydrogens is 685 g/mol. The van der Waals surface area contributed by atoms with E-state index in [1.165, 1.54) is 21.5 Å². The fourth-order valence-corrected chi connectivity index (χ4v) is 8.71. The van der Waals surface area contributed by atoms with E-state index in [4.69, 9.17) is 19.4 Å². The SMILES string of the molecule is c1ccc(-c2cc(-c3nc(-c4cccc5oc6c7ccccc7ccc6c45)nc(-n4c5ccccc5c5c6ccccc6ccc54)n3)cc3ccccc23)cc1. The maximum Gasteiger partial charge on any atom is 0.238 e. The lowest BCUT2D eigenvalue weighted by Crippen LogP contribution is -2.06. The molecule has 0 unspecified atom stereocenters. The van der Waals surface area contributed by atoms with E-state index >= 15 is 0 Å². The van der Waals surface area contributed by atoms with E-state index in [9.17, 15) is 0 Å². The van der Waals surface area contributed by atoms with Crippen LogP contribution in [-0.2, 0) is 0 Å². The molecule has 0 fully saturated rings. The van der Waals surface area contributed by atoms with Gasteiger partial charge in [0.25, 0.3) is 0 Å². The summed E-state index contributed by atoms with van der Waals surface area (Å²) in [4.78, 5) is 16.1. The average Bonchev–Trinajstić information content (AvgIpc) is 3.83. The Labute approximate surface area is 320 Å². The minimum atomic E-state index is 0.552. The second-order valence-corrected chi connectivity index (χ2v) is 14.4. The quantitative estimate of drug-likeness (QED) is 0.182. The summed E-state index contributed by atoms with van der Waals surface area (Å²) in [5.41, 5.74) is 7.77. The molecule has 0 N–H and O–H groups in total. The highest BCUT2D eigenvalue weighted by Crippen LogP contribution is 2.41. The van der Waals surface area contributed by atoms with Gasteiger partial charge in [-0.2, -0.15) is 9.97 Å². The summed E-state index contributed by atoms with van der Waals surface area (Å²) in [6, 6.07) is 63.8. The van der Waals surface area contributed by atoms with Crippen molar-refractivity contribution >= 4 is 76.1 Å². The van der Waals surface area contributed by atoms with Crippen LogP contribution in [-0.4, -0.2) is 19.5 Å². The highest BCUT2D eigenvalue weighted by molar-refractivity contribution is 6.21. The van der Waals surface area contributed by atoms with Gasteiger partial charge in [-0.15, -0.1) is 0 Å². The first kappa shape index (κ1) is 30.8. The summed E-state index contributed by atoms with van der Waals surface area (Å²) in [7, 11) is 0. The minimum Gasteiger partial charge on any atom is -0.455 e. The van der Waals surface area contributed by atoms with Crippen LogP contribution in [0.2, 0.25) is 0 Å². The molecule has 0 saturated carbocycles. The van der Waals surface area contributed by atoms with Crippen LogP contribution in [0, 0.1) is 0 Å². The standard InChI is InChI=1S/C51H30N4O/c1-2-13-31(14-3-1)42-30-35(29-34-17-6-7-18-36(34)42)49-52-50(41-22-12-24-45-47(41)40-27-25-33-16-5-9-20-38(33)48(40)56-45)54-51(53-49)55-43-23-11-10-21-39(43)46-37-19-8-4-15-32(37)26-28-44(46)55/h1-30H. The second kappa shape index (κ2) is 11.9. The van der Waals surface area contributed by atoms with Gasteiger partial charge in [-0.25, -0.2) is 4.98 Å². The third-order valence-electron chi connectivity index (χ3n) is 11.2. The van der Waals surface area contributed by atoms with Crippen LogP contribution in [0.4, 0.5) is 0 Å². The van der Waals surface area contributed by atoms with Gasteiger partial charge in [0.05, 0.1) is 11.0 Å². The van der Waals surface area contributed by atoms with Crippen LogP contribution in [0.5, 0.6) is 0 Å². The molecule has 9 aromatic carbocycles. The van der Waals surface area contributed by atoms with E-state index in [2.05, 4.69) is 174 Å². The van der Waals surface area contributed by atoms with Crippen molar-refractivity contribution in [2.24, 2.45) is 0 Å². The van der Waals surface area contributed by atoms with E-state index in [0.29, 0.717) is 17.6 Å². The first-order valence-electron chi connectivity index (χ1n) is 18.9. The summed E-state index contributed by atoms with van der Waals surface area (Å²) in [5, 5.41) is 11.2. The molecule has 0 atom stereocenters. The van der Waals surface area contributed by atoms with Gasteiger partial charge in [-0.1, -0.05) is 146 Å². The predicted octanol–water partition coefficient (Wildman–Crippen LogP) is 13.3. The highest BCUT2D eigenvalue weighted by atomic mass is 16.3. The monoisotopic (exact) mass is 714 g/mol. The number of nitrogens with zero attached hydrogens (tertiary/aromatic N) is 4. The molecule has 12 aromatic rings. The number of fused-ring (bicyclic) bond motifs is 11. The third kappa shape index (κ3) is 4.58. The van der Waals surface area contributed by atoms with Crippen LogP contribution in [0.1, 0.15) is 0 Å². The molecule has 5 heteroatoms. The number of furan rings is 1. The average molecular weight is 715 g/mol. The van der Waals surface area contributed by atoms with Gasteiger partial charge < -0.3 is 4.42 Å². The Balaban J connectivity index is 1.19. The Hall–Kier alpha value is -7.63. The molecule has 0 aliphatic carbocycles. The molecule has 3 aromatic heterocycles. The summed E-state index contributed by atoms with van der Waals surface area (Å²) >= 11 is 0. The van der Waals surface area contributed by atoms with E-state index < -0.39 is 0 Å². The van der Waals surface area contributed by atoms with Crippen molar-refractivity contribution in [1.29, 1.82) is 0 Å². The van der Waals surface area contributed by atoms with Crippen LogP contribution in [0.25, 0.3) is 116 Å². The molecule has 0 radical (unpaired) electrons. The number of hydrogen-bond acceptors (Lipinski definition) is 4. The molecule has 12 rings (SSSR count).